The lowest BCUT2D eigenvalue weighted by molar-refractivity contribution is -0.114. The van der Waals surface area contributed by atoms with Gasteiger partial charge in [0.2, 0.25) is 0 Å². The highest BCUT2D eigenvalue weighted by Crippen LogP contribution is 2.41. The molecule has 3 nitrogen and oxygen atoms in total. The lowest BCUT2D eigenvalue weighted by Crippen LogP contribution is -2.64. The standard InChI is InChI=1S/C17H34N2O/c1-5-16-11-20-14(4)10-19(16)17(12-18)8-6-7-15(9-17)13(2)3/h13-16H,5-12,18H2,1-4H3. The van der Waals surface area contributed by atoms with Crippen LogP contribution in [0.3, 0.4) is 0 Å². The van der Waals surface area contributed by atoms with Crippen molar-refractivity contribution in [2.75, 3.05) is 19.7 Å². The molecule has 2 fully saturated rings. The molecule has 0 bridgehead atoms. The smallest absolute Gasteiger partial charge is 0.0675 e. The third-order valence-corrected chi connectivity index (χ3v) is 5.73. The molecule has 118 valence electrons. The Hall–Kier alpha value is -0.120. The summed E-state index contributed by atoms with van der Waals surface area (Å²) in [5, 5.41) is 0. The third-order valence-electron chi connectivity index (χ3n) is 5.73. The van der Waals surface area contributed by atoms with Crippen LogP contribution in [-0.4, -0.2) is 42.3 Å². The van der Waals surface area contributed by atoms with Crippen molar-refractivity contribution >= 4 is 0 Å². The molecule has 2 N–H and O–H groups in total. The average Bonchev–Trinajstić information content (AvgIpc) is 2.47. The summed E-state index contributed by atoms with van der Waals surface area (Å²) >= 11 is 0. The lowest BCUT2D eigenvalue weighted by Gasteiger charge is -2.54. The molecule has 3 heteroatoms. The first kappa shape index (κ1) is 16.3. The van der Waals surface area contributed by atoms with Crippen LogP contribution >= 0.6 is 0 Å². The summed E-state index contributed by atoms with van der Waals surface area (Å²) in [5.41, 5.74) is 6.54. The van der Waals surface area contributed by atoms with E-state index in [1.807, 2.05) is 0 Å². The van der Waals surface area contributed by atoms with Crippen molar-refractivity contribution < 1.29 is 4.74 Å². The molecule has 0 aromatic heterocycles. The van der Waals surface area contributed by atoms with Crippen LogP contribution in [0, 0.1) is 11.8 Å². The Morgan fingerprint density at radius 1 is 1.40 bits per heavy atom. The van der Waals surface area contributed by atoms with E-state index in [0.29, 0.717) is 12.1 Å². The molecule has 20 heavy (non-hydrogen) atoms. The summed E-state index contributed by atoms with van der Waals surface area (Å²) < 4.78 is 5.88. The maximum atomic E-state index is 6.31. The van der Waals surface area contributed by atoms with Gasteiger partial charge in [0.05, 0.1) is 12.7 Å². The summed E-state index contributed by atoms with van der Waals surface area (Å²) in [6, 6.07) is 0.556. The Kier molecular flexibility index (Phi) is 5.49. The van der Waals surface area contributed by atoms with E-state index >= 15 is 0 Å². The molecule has 0 amide bonds. The van der Waals surface area contributed by atoms with Crippen molar-refractivity contribution in [2.45, 2.75) is 77.5 Å². The van der Waals surface area contributed by atoms with Crippen molar-refractivity contribution in [2.24, 2.45) is 17.6 Å². The third kappa shape index (κ3) is 3.20. The van der Waals surface area contributed by atoms with Crippen LogP contribution in [0.2, 0.25) is 0 Å². The molecule has 0 spiro atoms. The SMILES string of the molecule is CCC1COC(C)CN1C1(CN)CCCC(C(C)C)C1. The predicted molar refractivity (Wildman–Crippen MR) is 84.8 cm³/mol. The molecular formula is C17H34N2O. The maximum absolute atomic E-state index is 6.31. The molecule has 1 saturated carbocycles. The van der Waals surface area contributed by atoms with Crippen molar-refractivity contribution in [3.8, 4) is 0 Å². The number of morpholine rings is 1. The van der Waals surface area contributed by atoms with Gasteiger partial charge >= 0.3 is 0 Å². The Balaban J connectivity index is 2.19. The molecule has 2 aliphatic rings. The first-order chi connectivity index (χ1) is 9.52. The zero-order valence-electron chi connectivity index (χ0n) is 13.9. The second-order valence-corrected chi connectivity index (χ2v) is 7.39. The van der Waals surface area contributed by atoms with Crippen molar-refractivity contribution in [3.63, 3.8) is 0 Å². The quantitative estimate of drug-likeness (QED) is 0.861. The Labute approximate surface area is 125 Å². The number of nitrogens with two attached hydrogens (primary N) is 1. The normalized spacial score (nSPS) is 40.2. The van der Waals surface area contributed by atoms with Gasteiger partial charge in [0.15, 0.2) is 0 Å². The average molecular weight is 282 g/mol. The summed E-state index contributed by atoms with van der Waals surface area (Å²) in [5.74, 6) is 1.61. The number of ether oxygens (including phenoxy) is 1. The molecule has 0 radical (unpaired) electrons. The molecule has 4 unspecified atom stereocenters. The predicted octanol–water partition coefficient (Wildman–Crippen LogP) is 3.03. The molecule has 1 saturated heterocycles. The van der Waals surface area contributed by atoms with E-state index in [1.165, 1.54) is 32.1 Å². The van der Waals surface area contributed by atoms with E-state index in [4.69, 9.17) is 10.5 Å². The highest BCUT2D eigenvalue weighted by atomic mass is 16.5. The molecule has 1 aliphatic heterocycles. The first-order valence-corrected chi connectivity index (χ1v) is 8.61. The van der Waals surface area contributed by atoms with Crippen molar-refractivity contribution in [1.82, 2.24) is 4.90 Å². The van der Waals surface area contributed by atoms with Gasteiger partial charge in [0.1, 0.15) is 0 Å². The molecule has 1 heterocycles. The molecule has 0 aromatic carbocycles. The van der Waals surface area contributed by atoms with E-state index in [0.717, 1.165) is 31.5 Å². The summed E-state index contributed by atoms with van der Waals surface area (Å²) in [4.78, 5) is 2.73. The Morgan fingerprint density at radius 3 is 2.75 bits per heavy atom. The summed E-state index contributed by atoms with van der Waals surface area (Å²) in [7, 11) is 0. The summed E-state index contributed by atoms with van der Waals surface area (Å²) in [6.07, 6.45) is 6.79. The fourth-order valence-electron chi connectivity index (χ4n) is 4.28. The van der Waals surface area contributed by atoms with E-state index < -0.39 is 0 Å². The highest BCUT2D eigenvalue weighted by molar-refractivity contribution is 5.00. The fraction of sp³-hybridized carbons (Fsp3) is 1.00. The topological polar surface area (TPSA) is 38.5 Å². The maximum Gasteiger partial charge on any atom is 0.0675 e. The highest BCUT2D eigenvalue weighted by Gasteiger charge is 2.45. The molecule has 1 aliphatic carbocycles. The van der Waals surface area contributed by atoms with Crippen LogP contribution in [0.4, 0.5) is 0 Å². The second kappa shape index (κ2) is 6.76. The molecule has 0 aromatic rings. The fourth-order valence-corrected chi connectivity index (χ4v) is 4.28. The summed E-state index contributed by atoms with van der Waals surface area (Å²) in [6.45, 7) is 12.0. The van der Waals surface area contributed by atoms with Crippen LogP contribution in [0.15, 0.2) is 0 Å². The molecular weight excluding hydrogens is 248 g/mol. The minimum absolute atomic E-state index is 0.228. The zero-order chi connectivity index (χ0) is 14.8. The van der Waals surface area contributed by atoms with Gasteiger partial charge in [0, 0.05) is 24.7 Å². The minimum Gasteiger partial charge on any atom is -0.376 e. The van der Waals surface area contributed by atoms with Gasteiger partial charge in [-0.25, -0.2) is 0 Å². The zero-order valence-corrected chi connectivity index (χ0v) is 13.9. The van der Waals surface area contributed by atoms with Crippen LogP contribution in [0.5, 0.6) is 0 Å². The van der Waals surface area contributed by atoms with Gasteiger partial charge in [-0.05, 0) is 38.0 Å². The van der Waals surface area contributed by atoms with Crippen LogP contribution in [0.1, 0.15) is 59.8 Å². The molecule has 2 rings (SSSR count). The van der Waals surface area contributed by atoms with Crippen LogP contribution < -0.4 is 5.73 Å². The Bertz CT molecular complexity index is 307. The van der Waals surface area contributed by atoms with Crippen LogP contribution in [0.25, 0.3) is 0 Å². The van der Waals surface area contributed by atoms with E-state index in [2.05, 4.69) is 32.6 Å². The van der Waals surface area contributed by atoms with Crippen LogP contribution in [-0.2, 0) is 4.74 Å². The van der Waals surface area contributed by atoms with Gasteiger partial charge in [-0.1, -0.05) is 33.6 Å². The number of rotatable bonds is 4. The van der Waals surface area contributed by atoms with Crippen molar-refractivity contribution in [3.05, 3.63) is 0 Å². The van der Waals surface area contributed by atoms with E-state index in [1.54, 1.807) is 0 Å². The monoisotopic (exact) mass is 282 g/mol. The molecule has 4 atom stereocenters. The second-order valence-electron chi connectivity index (χ2n) is 7.39. The number of hydrogen-bond acceptors (Lipinski definition) is 3. The van der Waals surface area contributed by atoms with Crippen molar-refractivity contribution in [1.29, 1.82) is 0 Å². The van der Waals surface area contributed by atoms with Gasteiger partial charge in [0.25, 0.3) is 0 Å². The van der Waals surface area contributed by atoms with E-state index in [9.17, 15) is 0 Å². The Morgan fingerprint density at radius 2 is 2.15 bits per heavy atom. The first-order valence-electron chi connectivity index (χ1n) is 8.61. The van der Waals surface area contributed by atoms with Gasteiger partial charge < -0.3 is 10.5 Å². The number of hydrogen-bond donors (Lipinski definition) is 1. The lowest BCUT2D eigenvalue weighted by atomic mass is 9.70. The minimum atomic E-state index is 0.228. The number of nitrogens with zero attached hydrogens (tertiary/aromatic N) is 1. The van der Waals surface area contributed by atoms with Gasteiger partial charge in [-0.3, -0.25) is 4.90 Å². The largest absolute Gasteiger partial charge is 0.376 e. The van der Waals surface area contributed by atoms with E-state index in [-0.39, 0.29) is 5.54 Å². The van der Waals surface area contributed by atoms with Gasteiger partial charge in [-0.15, -0.1) is 0 Å². The van der Waals surface area contributed by atoms with Gasteiger partial charge in [-0.2, -0.15) is 0 Å².